The Bertz CT molecular complexity index is 319. The van der Waals surface area contributed by atoms with Crippen LogP contribution in [0.2, 0.25) is 0 Å². The highest BCUT2D eigenvalue weighted by Crippen LogP contribution is 2.43. The third-order valence-corrected chi connectivity index (χ3v) is 3.79. The maximum absolute atomic E-state index is 6.38. The van der Waals surface area contributed by atoms with Crippen LogP contribution in [0.1, 0.15) is 24.5 Å². The Morgan fingerprint density at radius 3 is 2.64 bits per heavy atom. The van der Waals surface area contributed by atoms with Crippen molar-refractivity contribution in [3.63, 3.8) is 0 Å². The Hall–Kier alpha value is -0.490. The van der Waals surface area contributed by atoms with Gasteiger partial charge in [-0.1, -0.05) is 31.2 Å². The molecule has 1 aliphatic carbocycles. The Balaban J connectivity index is 2.00. The largest absolute Gasteiger partial charge is 0.122 e. The van der Waals surface area contributed by atoms with Gasteiger partial charge in [-0.05, 0) is 42.7 Å². The second-order valence-electron chi connectivity index (χ2n) is 4.52. The Morgan fingerprint density at radius 2 is 2.07 bits per heavy atom. The molecule has 1 fully saturated rings. The van der Waals surface area contributed by atoms with E-state index in [1.807, 2.05) is 0 Å². The summed E-state index contributed by atoms with van der Waals surface area (Å²) in [7, 11) is 0. The van der Waals surface area contributed by atoms with Crippen LogP contribution in [-0.2, 0) is 6.42 Å². The summed E-state index contributed by atoms with van der Waals surface area (Å²) in [5.74, 6) is 1.61. The molecule has 0 saturated heterocycles. The molecule has 1 saturated carbocycles. The molecule has 1 aromatic rings. The van der Waals surface area contributed by atoms with E-state index in [0.29, 0.717) is 5.38 Å². The highest BCUT2D eigenvalue weighted by molar-refractivity contribution is 6.21. The van der Waals surface area contributed by atoms with Gasteiger partial charge in [0.15, 0.2) is 0 Å². The molecule has 1 aliphatic rings. The van der Waals surface area contributed by atoms with Gasteiger partial charge in [0.1, 0.15) is 0 Å². The zero-order valence-corrected chi connectivity index (χ0v) is 9.59. The van der Waals surface area contributed by atoms with E-state index in [1.54, 1.807) is 0 Å². The van der Waals surface area contributed by atoms with E-state index in [9.17, 15) is 0 Å². The monoisotopic (exact) mass is 208 g/mol. The number of aryl methyl sites for hydroxylation is 1. The van der Waals surface area contributed by atoms with Crippen LogP contribution in [0.4, 0.5) is 0 Å². The Kier molecular flexibility index (Phi) is 2.83. The number of rotatable bonds is 3. The van der Waals surface area contributed by atoms with Gasteiger partial charge < -0.3 is 0 Å². The van der Waals surface area contributed by atoms with Crippen molar-refractivity contribution in [1.82, 2.24) is 0 Å². The lowest BCUT2D eigenvalue weighted by atomic mass is 10.0. The lowest BCUT2D eigenvalue weighted by Gasteiger charge is -2.10. The van der Waals surface area contributed by atoms with Crippen LogP contribution in [0.3, 0.4) is 0 Å². The second-order valence-corrected chi connectivity index (χ2v) is 5.08. The summed E-state index contributed by atoms with van der Waals surface area (Å²) in [4.78, 5) is 0. The van der Waals surface area contributed by atoms with Crippen LogP contribution in [0.15, 0.2) is 24.3 Å². The highest BCUT2D eigenvalue weighted by Gasteiger charge is 2.38. The molecule has 1 heteroatoms. The van der Waals surface area contributed by atoms with Gasteiger partial charge in [0, 0.05) is 5.38 Å². The lowest BCUT2D eigenvalue weighted by Crippen LogP contribution is -2.07. The average molecular weight is 209 g/mol. The summed E-state index contributed by atoms with van der Waals surface area (Å²) in [6, 6.07) is 8.54. The molecule has 0 amide bonds. The van der Waals surface area contributed by atoms with Crippen LogP contribution < -0.4 is 0 Å². The van der Waals surface area contributed by atoms with E-state index in [0.717, 1.165) is 18.3 Å². The fourth-order valence-corrected chi connectivity index (χ4v) is 2.57. The van der Waals surface area contributed by atoms with Gasteiger partial charge in [-0.15, -0.1) is 11.6 Å². The standard InChI is InChI=1S/C13H17Cl/c1-9-5-3-4-6-11(9)8-13(14)12-7-10(12)2/h3-6,10,12-13H,7-8H2,1-2H3. The third-order valence-electron chi connectivity index (χ3n) is 3.31. The minimum absolute atomic E-state index is 0.339. The zero-order chi connectivity index (χ0) is 10.1. The number of halogens is 1. The van der Waals surface area contributed by atoms with Gasteiger partial charge in [0.25, 0.3) is 0 Å². The SMILES string of the molecule is Cc1ccccc1CC(Cl)C1CC1C. The molecule has 0 radical (unpaired) electrons. The van der Waals surface area contributed by atoms with Crippen LogP contribution in [0.5, 0.6) is 0 Å². The van der Waals surface area contributed by atoms with E-state index in [2.05, 4.69) is 38.1 Å². The smallest absolute Gasteiger partial charge is 0.0407 e. The molecule has 0 bridgehead atoms. The van der Waals surface area contributed by atoms with Crippen LogP contribution in [-0.4, -0.2) is 5.38 Å². The predicted molar refractivity (Wildman–Crippen MR) is 61.8 cm³/mol. The molecule has 3 atom stereocenters. The Labute approximate surface area is 91.3 Å². The van der Waals surface area contributed by atoms with Gasteiger partial charge in [-0.25, -0.2) is 0 Å². The van der Waals surface area contributed by atoms with Crippen LogP contribution >= 0.6 is 11.6 Å². The molecule has 1 aromatic carbocycles. The lowest BCUT2D eigenvalue weighted by molar-refractivity contribution is 0.681. The van der Waals surface area contributed by atoms with Gasteiger partial charge in [0.05, 0.1) is 0 Å². The quantitative estimate of drug-likeness (QED) is 0.663. The summed E-state index contributed by atoms with van der Waals surface area (Å²) >= 11 is 6.38. The van der Waals surface area contributed by atoms with Crippen molar-refractivity contribution in [2.45, 2.75) is 32.1 Å². The zero-order valence-electron chi connectivity index (χ0n) is 8.83. The van der Waals surface area contributed by atoms with E-state index in [1.165, 1.54) is 17.5 Å². The van der Waals surface area contributed by atoms with Gasteiger partial charge >= 0.3 is 0 Å². The maximum atomic E-state index is 6.38. The molecule has 0 spiro atoms. The molecule has 0 aromatic heterocycles. The summed E-state index contributed by atoms with van der Waals surface area (Å²) in [5, 5.41) is 0.339. The predicted octanol–water partition coefficient (Wildman–Crippen LogP) is 3.80. The van der Waals surface area contributed by atoms with Gasteiger partial charge in [-0.3, -0.25) is 0 Å². The number of benzene rings is 1. The van der Waals surface area contributed by atoms with E-state index >= 15 is 0 Å². The molecule has 2 rings (SSSR count). The molecule has 14 heavy (non-hydrogen) atoms. The molecular formula is C13H17Cl. The minimum Gasteiger partial charge on any atom is -0.122 e. The van der Waals surface area contributed by atoms with E-state index < -0.39 is 0 Å². The fourth-order valence-electron chi connectivity index (χ4n) is 2.06. The average Bonchev–Trinajstić information content (AvgIpc) is 2.87. The highest BCUT2D eigenvalue weighted by atomic mass is 35.5. The molecular weight excluding hydrogens is 192 g/mol. The van der Waals surface area contributed by atoms with Gasteiger partial charge in [0.2, 0.25) is 0 Å². The maximum Gasteiger partial charge on any atom is 0.0407 e. The Morgan fingerprint density at radius 1 is 1.43 bits per heavy atom. The van der Waals surface area contributed by atoms with Crippen LogP contribution in [0.25, 0.3) is 0 Å². The minimum atomic E-state index is 0.339. The van der Waals surface area contributed by atoms with Crippen molar-refractivity contribution in [3.05, 3.63) is 35.4 Å². The molecule has 0 heterocycles. The topological polar surface area (TPSA) is 0 Å². The second kappa shape index (κ2) is 3.94. The van der Waals surface area contributed by atoms with Crippen molar-refractivity contribution >= 4 is 11.6 Å². The molecule has 0 N–H and O–H groups in total. The van der Waals surface area contributed by atoms with Gasteiger partial charge in [-0.2, -0.15) is 0 Å². The first kappa shape index (κ1) is 10.0. The van der Waals surface area contributed by atoms with Crippen molar-refractivity contribution in [1.29, 1.82) is 0 Å². The van der Waals surface area contributed by atoms with Crippen molar-refractivity contribution in [2.75, 3.05) is 0 Å². The third kappa shape index (κ3) is 2.12. The van der Waals surface area contributed by atoms with Crippen molar-refractivity contribution in [3.8, 4) is 0 Å². The van der Waals surface area contributed by atoms with E-state index in [-0.39, 0.29) is 0 Å². The molecule has 0 aliphatic heterocycles. The van der Waals surface area contributed by atoms with Crippen LogP contribution in [0, 0.1) is 18.8 Å². The first-order valence-corrected chi connectivity index (χ1v) is 5.80. The summed E-state index contributed by atoms with van der Waals surface area (Å²) in [6.45, 7) is 4.45. The molecule has 0 nitrogen and oxygen atoms in total. The first-order chi connectivity index (χ1) is 6.68. The molecule has 76 valence electrons. The summed E-state index contributed by atoms with van der Waals surface area (Å²) in [5.41, 5.74) is 2.78. The normalized spacial score (nSPS) is 27.4. The summed E-state index contributed by atoms with van der Waals surface area (Å²) < 4.78 is 0. The van der Waals surface area contributed by atoms with Crippen molar-refractivity contribution in [2.24, 2.45) is 11.8 Å². The van der Waals surface area contributed by atoms with Crippen molar-refractivity contribution < 1.29 is 0 Å². The fraction of sp³-hybridized carbons (Fsp3) is 0.538. The molecule has 3 unspecified atom stereocenters. The first-order valence-electron chi connectivity index (χ1n) is 5.37. The van der Waals surface area contributed by atoms with E-state index in [4.69, 9.17) is 11.6 Å². The number of alkyl halides is 1. The number of hydrogen-bond acceptors (Lipinski definition) is 0. The summed E-state index contributed by atoms with van der Waals surface area (Å²) in [6.07, 6.45) is 2.35. The number of hydrogen-bond donors (Lipinski definition) is 0.